The number of nitrogens with zero attached hydrogens (tertiary/aromatic N) is 3. The van der Waals surface area contributed by atoms with E-state index in [1.165, 1.54) is 10.7 Å². The van der Waals surface area contributed by atoms with Crippen molar-refractivity contribution in [3.63, 3.8) is 0 Å². The second-order valence-electron chi connectivity index (χ2n) is 6.33. The van der Waals surface area contributed by atoms with Crippen molar-refractivity contribution in [2.75, 3.05) is 13.7 Å². The van der Waals surface area contributed by atoms with E-state index in [-0.39, 0.29) is 23.3 Å². The molecule has 3 heterocycles. The van der Waals surface area contributed by atoms with Gasteiger partial charge in [-0.2, -0.15) is 5.10 Å². The van der Waals surface area contributed by atoms with Gasteiger partial charge in [0.15, 0.2) is 17.1 Å². The van der Waals surface area contributed by atoms with E-state index in [1.807, 2.05) is 12.1 Å². The molecular formula is C19H19N3O4. The Balaban J connectivity index is 1.61. The topological polar surface area (TPSA) is 77.6 Å². The van der Waals surface area contributed by atoms with E-state index in [2.05, 4.69) is 5.10 Å². The zero-order chi connectivity index (χ0) is 18.1. The zero-order valence-electron chi connectivity index (χ0n) is 14.4. The van der Waals surface area contributed by atoms with Crippen LogP contribution in [0.4, 0.5) is 0 Å². The first kappa shape index (κ1) is 16.4. The van der Waals surface area contributed by atoms with Crippen molar-refractivity contribution in [2.24, 2.45) is 0 Å². The number of furan rings is 1. The van der Waals surface area contributed by atoms with Crippen molar-refractivity contribution >= 4 is 16.9 Å². The van der Waals surface area contributed by atoms with Crippen LogP contribution in [0.15, 0.2) is 51.8 Å². The smallest absolute Gasteiger partial charge is 0.289 e. The summed E-state index contributed by atoms with van der Waals surface area (Å²) in [6.07, 6.45) is 3.30. The minimum absolute atomic E-state index is 0.0785. The van der Waals surface area contributed by atoms with Crippen molar-refractivity contribution in [3.8, 4) is 5.75 Å². The van der Waals surface area contributed by atoms with Gasteiger partial charge >= 0.3 is 0 Å². The van der Waals surface area contributed by atoms with Crippen LogP contribution in [0, 0.1) is 0 Å². The van der Waals surface area contributed by atoms with Crippen LogP contribution >= 0.6 is 0 Å². The van der Waals surface area contributed by atoms with E-state index in [4.69, 9.17) is 9.15 Å². The van der Waals surface area contributed by atoms with Gasteiger partial charge in [0.05, 0.1) is 19.7 Å². The summed E-state index contributed by atoms with van der Waals surface area (Å²) in [6, 6.07) is 10.3. The van der Waals surface area contributed by atoms with E-state index in [0.717, 1.165) is 18.2 Å². The summed E-state index contributed by atoms with van der Waals surface area (Å²) in [4.78, 5) is 26.7. The monoisotopic (exact) mass is 353 g/mol. The standard InChI is InChI=1S/C19H19N3O4/c1-25-15-7-2-5-13-11-16(26-18(13)15)19(24)21-10-4-6-14(21)12-22-17(23)8-3-9-20-22/h2-3,5,7-9,11,14H,4,6,10,12H2,1H3. The normalized spacial score (nSPS) is 17.0. The fourth-order valence-corrected chi connectivity index (χ4v) is 3.46. The predicted molar refractivity (Wildman–Crippen MR) is 95.3 cm³/mol. The molecule has 1 atom stereocenters. The third-order valence-electron chi connectivity index (χ3n) is 4.75. The minimum atomic E-state index is -0.172. The van der Waals surface area contributed by atoms with Crippen LogP contribution in [0.1, 0.15) is 23.4 Å². The van der Waals surface area contributed by atoms with Gasteiger partial charge in [-0.05, 0) is 31.0 Å². The number of carbonyl (C=O) groups is 1. The number of benzene rings is 1. The first-order valence-corrected chi connectivity index (χ1v) is 8.57. The highest BCUT2D eigenvalue weighted by Gasteiger charge is 2.32. The van der Waals surface area contributed by atoms with Crippen LogP contribution < -0.4 is 10.3 Å². The molecule has 0 bridgehead atoms. The molecular weight excluding hydrogens is 334 g/mol. The molecule has 0 saturated carbocycles. The highest BCUT2D eigenvalue weighted by atomic mass is 16.5. The second kappa shape index (κ2) is 6.67. The molecule has 4 rings (SSSR count). The molecule has 0 spiro atoms. The molecule has 0 aliphatic carbocycles. The van der Waals surface area contributed by atoms with Gasteiger partial charge in [0, 0.05) is 24.2 Å². The number of ether oxygens (including phenoxy) is 1. The van der Waals surface area contributed by atoms with Crippen molar-refractivity contribution in [1.82, 2.24) is 14.7 Å². The molecule has 3 aromatic rings. The van der Waals surface area contributed by atoms with E-state index < -0.39 is 0 Å². The van der Waals surface area contributed by atoms with Gasteiger partial charge in [0.1, 0.15) is 0 Å². The number of rotatable bonds is 4. The number of para-hydroxylation sites is 1. The number of hydrogen-bond acceptors (Lipinski definition) is 5. The Morgan fingerprint density at radius 1 is 1.35 bits per heavy atom. The van der Waals surface area contributed by atoms with Gasteiger partial charge in [-0.25, -0.2) is 4.68 Å². The molecule has 1 aliphatic rings. The van der Waals surface area contributed by atoms with Crippen LogP contribution in [-0.2, 0) is 6.54 Å². The minimum Gasteiger partial charge on any atom is -0.493 e. The van der Waals surface area contributed by atoms with Crippen LogP contribution in [0.3, 0.4) is 0 Å². The lowest BCUT2D eigenvalue weighted by atomic mass is 10.2. The number of carbonyl (C=O) groups excluding carboxylic acids is 1. The molecule has 1 aliphatic heterocycles. The maximum atomic E-state index is 13.0. The third kappa shape index (κ3) is 2.85. The Labute approximate surface area is 149 Å². The highest BCUT2D eigenvalue weighted by Crippen LogP contribution is 2.30. The van der Waals surface area contributed by atoms with Crippen molar-refractivity contribution in [1.29, 1.82) is 0 Å². The van der Waals surface area contributed by atoms with Crippen LogP contribution in [0.25, 0.3) is 11.0 Å². The molecule has 1 aromatic carbocycles. The van der Waals surface area contributed by atoms with Crippen LogP contribution in [-0.4, -0.2) is 40.3 Å². The Morgan fingerprint density at radius 2 is 2.23 bits per heavy atom. The summed E-state index contributed by atoms with van der Waals surface area (Å²) >= 11 is 0. The van der Waals surface area contributed by atoms with Crippen LogP contribution in [0.5, 0.6) is 5.75 Å². The summed E-state index contributed by atoms with van der Waals surface area (Å²) in [5.74, 6) is 0.707. The number of fused-ring (bicyclic) bond motifs is 1. The highest BCUT2D eigenvalue weighted by molar-refractivity contribution is 5.97. The molecule has 0 N–H and O–H groups in total. The molecule has 7 nitrogen and oxygen atoms in total. The summed E-state index contributed by atoms with van der Waals surface area (Å²) in [5.41, 5.74) is 0.398. The van der Waals surface area contributed by atoms with E-state index in [0.29, 0.717) is 24.4 Å². The van der Waals surface area contributed by atoms with Crippen molar-refractivity contribution < 1.29 is 13.9 Å². The maximum absolute atomic E-state index is 13.0. The van der Waals surface area contributed by atoms with Crippen molar-refractivity contribution in [3.05, 3.63) is 58.7 Å². The van der Waals surface area contributed by atoms with Gasteiger partial charge in [0.25, 0.3) is 11.5 Å². The number of likely N-dealkylation sites (tertiary alicyclic amines) is 1. The van der Waals surface area contributed by atoms with E-state index >= 15 is 0 Å². The quantitative estimate of drug-likeness (QED) is 0.719. The average molecular weight is 353 g/mol. The second-order valence-corrected chi connectivity index (χ2v) is 6.33. The Bertz CT molecular complexity index is 1010. The number of amides is 1. The molecule has 1 amide bonds. The van der Waals surface area contributed by atoms with Gasteiger partial charge in [-0.3, -0.25) is 9.59 Å². The molecule has 1 fully saturated rings. The lowest BCUT2D eigenvalue weighted by molar-refractivity contribution is 0.0690. The largest absolute Gasteiger partial charge is 0.493 e. The number of methoxy groups -OCH3 is 1. The molecule has 1 saturated heterocycles. The maximum Gasteiger partial charge on any atom is 0.289 e. The summed E-state index contributed by atoms with van der Waals surface area (Å²) in [5, 5.41) is 4.92. The van der Waals surface area contributed by atoms with Gasteiger partial charge < -0.3 is 14.1 Å². The summed E-state index contributed by atoms with van der Waals surface area (Å²) in [6.45, 7) is 1.02. The zero-order valence-corrected chi connectivity index (χ0v) is 14.4. The molecule has 0 radical (unpaired) electrons. The third-order valence-corrected chi connectivity index (χ3v) is 4.75. The fourth-order valence-electron chi connectivity index (χ4n) is 3.46. The fraction of sp³-hybridized carbons (Fsp3) is 0.316. The van der Waals surface area contributed by atoms with Gasteiger partial charge in [0.2, 0.25) is 0 Å². The Hall–Kier alpha value is -3.09. The molecule has 26 heavy (non-hydrogen) atoms. The number of aromatic nitrogens is 2. The van der Waals surface area contributed by atoms with Crippen LogP contribution in [0.2, 0.25) is 0 Å². The first-order valence-electron chi connectivity index (χ1n) is 8.57. The van der Waals surface area contributed by atoms with Gasteiger partial charge in [-0.15, -0.1) is 0 Å². The lowest BCUT2D eigenvalue weighted by Gasteiger charge is -2.23. The predicted octanol–water partition coefficient (Wildman–Crippen LogP) is 2.30. The molecule has 2 aromatic heterocycles. The Morgan fingerprint density at radius 3 is 3.04 bits per heavy atom. The summed E-state index contributed by atoms with van der Waals surface area (Å²) < 4.78 is 12.5. The number of hydrogen-bond donors (Lipinski definition) is 0. The van der Waals surface area contributed by atoms with Crippen molar-refractivity contribution in [2.45, 2.75) is 25.4 Å². The first-order chi connectivity index (χ1) is 12.7. The van der Waals surface area contributed by atoms with E-state index in [1.54, 1.807) is 36.4 Å². The lowest BCUT2D eigenvalue weighted by Crippen LogP contribution is -2.40. The van der Waals surface area contributed by atoms with E-state index in [9.17, 15) is 9.59 Å². The molecule has 7 heteroatoms. The Kier molecular flexibility index (Phi) is 4.20. The van der Waals surface area contributed by atoms with Gasteiger partial charge in [-0.1, -0.05) is 12.1 Å². The molecule has 1 unspecified atom stereocenters. The molecule has 134 valence electrons. The average Bonchev–Trinajstić information content (AvgIpc) is 3.29. The summed E-state index contributed by atoms with van der Waals surface area (Å²) in [7, 11) is 1.57. The SMILES string of the molecule is COc1cccc2cc(C(=O)N3CCCC3Cn3ncccc3=O)oc12.